The van der Waals surface area contributed by atoms with Crippen molar-refractivity contribution in [3.63, 3.8) is 0 Å². The highest BCUT2D eigenvalue weighted by molar-refractivity contribution is 5.96. The van der Waals surface area contributed by atoms with Crippen LogP contribution in [-0.2, 0) is 0 Å². The number of hydrogen-bond donors (Lipinski definition) is 2. The van der Waals surface area contributed by atoms with Gasteiger partial charge in [-0.2, -0.15) is 0 Å². The normalized spacial score (nSPS) is 21.0. The average Bonchev–Trinajstić information content (AvgIpc) is 2.87. The molecule has 0 bridgehead atoms. The van der Waals surface area contributed by atoms with E-state index in [1.54, 1.807) is 25.1 Å². The third kappa shape index (κ3) is 2.43. The molecule has 0 saturated heterocycles. The molecule has 92 valence electrons. The molecule has 3 heteroatoms. The van der Waals surface area contributed by atoms with Crippen molar-refractivity contribution in [3.05, 3.63) is 29.3 Å². The molecule has 0 radical (unpaired) electrons. The van der Waals surface area contributed by atoms with E-state index in [9.17, 15) is 9.90 Å². The zero-order valence-corrected chi connectivity index (χ0v) is 10.6. The van der Waals surface area contributed by atoms with Crippen LogP contribution in [0.5, 0.6) is 5.75 Å². The van der Waals surface area contributed by atoms with E-state index in [0.717, 1.165) is 6.54 Å². The van der Waals surface area contributed by atoms with Gasteiger partial charge in [-0.1, -0.05) is 19.9 Å². The van der Waals surface area contributed by atoms with Gasteiger partial charge in [0, 0.05) is 17.7 Å². The minimum absolute atomic E-state index is 0.0962. The van der Waals surface area contributed by atoms with Crippen molar-refractivity contribution >= 4 is 5.91 Å². The lowest BCUT2D eigenvalue weighted by Crippen LogP contribution is -2.27. The quantitative estimate of drug-likeness (QED) is 0.842. The lowest BCUT2D eigenvalue weighted by Gasteiger charge is -2.09. The third-order valence-electron chi connectivity index (χ3n) is 3.78. The maximum absolute atomic E-state index is 11.9. The number of carbonyl (C=O) groups excluding carboxylic acids is 1. The largest absolute Gasteiger partial charge is 0.508 e. The fraction of sp³-hybridized carbons (Fsp3) is 0.500. The van der Waals surface area contributed by atoms with Gasteiger partial charge in [0.15, 0.2) is 0 Å². The standard InChI is InChI=1S/C14H19NO2/c1-9-11(5-4-6-12(9)16)13(17)15-8-10-7-14(10,2)3/h4-6,10,16H,7-8H2,1-3H3,(H,15,17). The summed E-state index contributed by atoms with van der Waals surface area (Å²) in [6.45, 7) is 6.90. The van der Waals surface area contributed by atoms with E-state index in [-0.39, 0.29) is 11.7 Å². The van der Waals surface area contributed by atoms with E-state index < -0.39 is 0 Å². The summed E-state index contributed by atoms with van der Waals surface area (Å²) in [4.78, 5) is 11.9. The zero-order valence-electron chi connectivity index (χ0n) is 10.6. The van der Waals surface area contributed by atoms with Crippen LogP contribution in [0, 0.1) is 18.3 Å². The number of benzene rings is 1. The number of aromatic hydroxyl groups is 1. The lowest BCUT2D eigenvalue weighted by molar-refractivity contribution is 0.0949. The zero-order chi connectivity index (χ0) is 12.6. The van der Waals surface area contributed by atoms with E-state index in [1.807, 2.05) is 0 Å². The van der Waals surface area contributed by atoms with Crippen molar-refractivity contribution < 1.29 is 9.90 Å². The molecule has 2 N–H and O–H groups in total. The van der Waals surface area contributed by atoms with Crippen LogP contribution in [0.25, 0.3) is 0 Å². The Hall–Kier alpha value is -1.51. The van der Waals surface area contributed by atoms with Gasteiger partial charge < -0.3 is 10.4 Å². The molecule has 17 heavy (non-hydrogen) atoms. The Morgan fingerprint density at radius 2 is 2.18 bits per heavy atom. The van der Waals surface area contributed by atoms with Crippen LogP contribution in [0.1, 0.15) is 36.2 Å². The summed E-state index contributed by atoms with van der Waals surface area (Å²) in [5.74, 6) is 0.662. The lowest BCUT2D eigenvalue weighted by atomic mass is 10.1. The van der Waals surface area contributed by atoms with Gasteiger partial charge in [0.1, 0.15) is 5.75 Å². The Bertz CT molecular complexity index is 452. The minimum Gasteiger partial charge on any atom is -0.508 e. The van der Waals surface area contributed by atoms with E-state index >= 15 is 0 Å². The van der Waals surface area contributed by atoms with Gasteiger partial charge in [-0.25, -0.2) is 0 Å². The number of carbonyl (C=O) groups is 1. The van der Waals surface area contributed by atoms with Crippen molar-refractivity contribution in [2.24, 2.45) is 11.3 Å². The van der Waals surface area contributed by atoms with E-state index in [4.69, 9.17) is 0 Å². The molecule has 1 amide bonds. The molecule has 0 aliphatic heterocycles. The van der Waals surface area contributed by atoms with E-state index in [0.29, 0.717) is 22.5 Å². The van der Waals surface area contributed by atoms with Gasteiger partial charge in [0.05, 0.1) is 0 Å². The van der Waals surface area contributed by atoms with E-state index in [2.05, 4.69) is 19.2 Å². The Balaban J connectivity index is 1.98. The van der Waals surface area contributed by atoms with Gasteiger partial charge >= 0.3 is 0 Å². The number of hydrogen-bond acceptors (Lipinski definition) is 2. The molecule has 1 fully saturated rings. The van der Waals surface area contributed by atoms with Gasteiger partial charge in [0.2, 0.25) is 0 Å². The second-order valence-electron chi connectivity index (χ2n) is 5.55. The minimum atomic E-state index is -0.0962. The first-order valence-electron chi connectivity index (χ1n) is 5.98. The summed E-state index contributed by atoms with van der Waals surface area (Å²) in [7, 11) is 0. The predicted molar refractivity (Wildman–Crippen MR) is 67.1 cm³/mol. The molecule has 1 aromatic carbocycles. The summed E-state index contributed by atoms with van der Waals surface area (Å²) < 4.78 is 0. The van der Waals surface area contributed by atoms with Crippen LogP contribution in [0.3, 0.4) is 0 Å². The molecule has 1 atom stereocenters. The molecule has 0 heterocycles. The number of phenols is 1. The Morgan fingerprint density at radius 3 is 2.76 bits per heavy atom. The van der Waals surface area contributed by atoms with Gasteiger partial charge in [-0.3, -0.25) is 4.79 Å². The molecule has 0 spiro atoms. The fourth-order valence-electron chi connectivity index (χ4n) is 2.11. The molecular weight excluding hydrogens is 214 g/mol. The first kappa shape index (κ1) is 12.0. The number of amides is 1. The molecule has 1 unspecified atom stereocenters. The van der Waals surface area contributed by atoms with Crippen molar-refractivity contribution in [2.75, 3.05) is 6.54 Å². The summed E-state index contributed by atoms with van der Waals surface area (Å²) in [6, 6.07) is 5.02. The average molecular weight is 233 g/mol. The summed E-state index contributed by atoms with van der Waals surface area (Å²) in [6.07, 6.45) is 1.17. The number of phenolic OH excluding ortho intramolecular Hbond substituents is 1. The van der Waals surface area contributed by atoms with Gasteiger partial charge in [0.25, 0.3) is 5.91 Å². The highest BCUT2D eigenvalue weighted by Crippen LogP contribution is 2.50. The number of nitrogens with one attached hydrogen (secondary N) is 1. The Labute approximate surface area is 102 Å². The second kappa shape index (κ2) is 4.06. The summed E-state index contributed by atoms with van der Waals surface area (Å²) >= 11 is 0. The van der Waals surface area contributed by atoms with E-state index in [1.165, 1.54) is 6.42 Å². The highest BCUT2D eigenvalue weighted by Gasteiger charge is 2.45. The fourth-order valence-corrected chi connectivity index (χ4v) is 2.11. The maximum atomic E-state index is 11.9. The van der Waals surface area contributed by atoms with Crippen LogP contribution < -0.4 is 5.32 Å². The van der Waals surface area contributed by atoms with Crippen LogP contribution in [0.2, 0.25) is 0 Å². The molecule has 0 aromatic heterocycles. The molecule has 2 rings (SSSR count). The van der Waals surface area contributed by atoms with Crippen LogP contribution in [0.15, 0.2) is 18.2 Å². The van der Waals surface area contributed by atoms with Crippen molar-refractivity contribution in [1.29, 1.82) is 0 Å². The smallest absolute Gasteiger partial charge is 0.251 e. The molecular formula is C14H19NO2. The predicted octanol–water partition coefficient (Wildman–Crippen LogP) is 2.48. The Morgan fingerprint density at radius 1 is 1.53 bits per heavy atom. The second-order valence-corrected chi connectivity index (χ2v) is 5.55. The molecule has 1 aliphatic carbocycles. The monoisotopic (exact) mass is 233 g/mol. The first-order chi connectivity index (χ1) is 7.92. The van der Waals surface area contributed by atoms with Gasteiger partial charge in [-0.05, 0) is 36.8 Å². The maximum Gasteiger partial charge on any atom is 0.251 e. The SMILES string of the molecule is Cc1c(O)cccc1C(=O)NCC1CC1(C)C. The first-order valence-corrected chi connectivity index (χ1v) is 5.98. The van der Waals surface area contributed by atoms with Crippen molar-refractivity contribution in [1.82, 2.24) is 5.32 Å². The molecule has 1 saturated carbocycles. The Kier molecular flexibility index (Phi) is 2.86. The summed E-state index contributed by atoms with van der Waals surface area (Å²) in [5.41, 5.74) is 1.57. The highest BCUT2D eigenvalue weighted by atomic mass is 16.3. The van der Waals surface area contributed by atoms with Gasteiger partial charge in [-0.15, -0.1) is 0 Å². The van der Waals surface area contributed by atoms with Crippen LogP contribution in [-0.4, -0.2) is 17.6 Å². The van der Waals surface area contributed by atoms with Crippen LogP contribution in [0.4, 0.5) is 0 Å². The third-order valence-corrected chi connectivity index (χ3v) is 3.78. The van der Waals surface area contributed by atoms with Crippen molar-refractivity contribution in [3.8, 4) is 5.75 Å². The molecule has 1 aromatic rings. The van der Waals surface area contributed by atoms with Crippen LogP contribution >= 0.6 is 0 Å². The summed E-state index contributed by atoms with van der Waals surface area (Å²) in [5, 5.41) is 12.5. The topological polar surface area (TPSA) is 49.3 Å². The van der Waals surface area contributed by atoms with Crippen molar-refractivity contribution in [2.45, 2.75) is 27.2 Å². The number of rotatable bonds is 3. The molecule has 1 aliphatic rings. The molecule has 3 nitrogen and oxygen atoms in total.